The molecule has 0 radical (unpaired) electrons. The van der Waals surface area contributed by atoms with Crippen LogP contribution < -0.4 is 0 Å². The van der Waals surface area contributed by atoms with E-state index < -0.39 is 0 Å². The third-order valence-corrected chi connectivity index (χ3v) is 7.70. The monoisotopic (exact) mass is 202 g/mol. The van der Waals surface area contributed by atoms with Gasteiger partial charge in [0.1, 0.15) is 0 Å². The third kappa shape index (κ3) is 0.643. The lowest BCUT2D eigenvalue weighted by molar-refractivity contribution is -0.0204. The maximum atomic E-state index is 2.68. The fourth-order valence-electron chi connectivity index (χ4n) is 7.66. The maximum absolute atomic E-state index is 2.68. The van der Waals surface area contributed by atoms with Crippen LogP contribution in [0, 0.1) is 46.8 Å². The van der Waals surface area contributed by atoms with Crippen LogP contribution >= 0.6 is 0 Å². The van der Waals surface area contributed by atoms with Crippen molar-refractivity contribution in [2.45, 2.75) is 45.4 Å². The Hall–Kier alpha value is 0. The summed E-state index contributed by atoms with van der Waals surface area (Å²) in [5.74, 6) is 8.42. The van der Waals surface area contributed by atoms with Crippen LogP contribution in [-0.2, 0) is 0 Å². The molecule has 0 spiro atoms. The zero-order valence-electron chi connectivity index (χ0n) is 9.78. The molecule has 0 aromatic rings. The Kier molecular flexibility index (Phi) is 1.18. The molecule has 6 rings (SSSR count). The Labute approximate surface area is 92.8 Å². The van der Waals surface area contributed by atoms with Gasteiger partial charge in [0.05, 0.1) is 0 Å². The summed E-state index contributed by atoms with van der Waals surface area (Å²) in [5.41, 5.74) is 0.829. The van der Waals surface area contributed by atoms with Gasteiger partial charge in [0.2, 0.25) is 0 Å². The van der Waals surface area contributed by atoms with Crippen molar-refractivity contribution in [3.05, 3.63) is 0 Å². The van der Waals surface area contributed by atoms with Crippen molar-refractivity contribution in [3.63, 3.8) is 0 Å². The van der Waals surface area contributed by atoms with Crippen LogP contribution in [0.5, 0.6) is 0 Å². The van der Waals surface area contributed by atoms with Crippen LogP contribution in [0.2, 0.25) is 0 Å². The molecule has 6 unspecified atom stereocenters. The highest BCUT2D eigenvalue weighted by molar-refractivity contribution is 5.21. The molecule has 8 bridgehead atoms. The molecule has 0 aromatic carbocycles. The molecule has 6 aliphatic rings. The molecule has 0 heteroatoms. The normalized spacial score (nSPS) is 73.0. The van der Waals surface area contributed by atoms with Gasteiger partial charge in [0.15, 0.2) is 0 Å². The van der Waals surface area contributed by atoms with E-state index in [1.54, 1.807) is 38.5 Å². The molecule has 0 nitrogen and oxygen atoms in total. The van der Waals surface area contributed by atoms with Crippen molar-refractivity contribution >= 4 is 0 Å². The van der Waals surface area contributed by atoms with E-state index in [1.165, 1.54) is 41.4 Å². The van der Waals surface area contributed by atoms with Crippen LogP contribution in [0.4, 0.5) is 0 Å². The first kappa shape index (κ1) is 8.14. The number of hydrogen-bond acceptors (Lipinski definition) is 0. The topological polar surface area (TPSA) is 0 Å². The van der Waals surface area contributed by atoms with Crippen LogP contribution in [0.25, 0.3) is 0 Å². The average Bonchev–Trinajstić information content (AvgIpc) is 2.72. The van der Waals surface area contributed by atoms with Crippen molar-refractivity contribution in [2.75, 3.05) is 0 Å². The predicted molar refractivity (Wildman–Crippen MR) is 60.2 cm³/mol. The lowest BCUT2D eigenvalue weighted by atomic mass is 9.54. The molecule has 6 saturated carbocycles. The van der Waals surface area contributed by atoms with Crippen LogP contribution in [0.1, 0.15) is 45.4 Å². The van der Waals surface area contributed by atoms with Gasteiger partial charge in [0.25, 0.3) is 0 Å². The highest BCUT2D eigenvalue weighted by Gasteiger charge is 2.73. The Morgan fingerprint density at radius 3 is 2.00 bits per heavy atom. The molecule has 6 fully saturated rings. The molecule has 82 valence electrons. The summed E-state index contributed by atoms with van der Waals surface area (Å²) in [4.78, 5) is 0. The molecule has 0 heterocycles. The summed E-state index contributed by atoms with van der Waals surface area (Å²) in [6.07, 6.45) is 9.66. The molecule has 0 aromatic heterocycles. The Morgan fingerprint density at radius 1 is 0.800 bits per heavy atom. The van der Waals surface area contributed by atoms with Gasteiger partial charge in [-0.05, 0) is 78.9 Å². The lowest BCUT2D eigenvalue weighted by Crippen LogP contribution is -2.43. The van der Waals surface area contributed by atoms with Crippen molar-refractivity contribution in [2.24, 2.45) is 46.8 Å². The molecule has 6 atom stereocenters. The van der Waals surface area contributed by atoms with Crippen molar-refractivity contribution in [1.29, 1.82) is 0 Å². The second-order valence-electron chi connectivity index (χ2n) is 7.58. The zero-order valence-corrected chi connectivity index (χ0v) is 9.78. The first-order chi connectivity index (χ1) is 7.31. The highest BCUT2D eigenvalue weighted by atomic mass is 14.8. The van der Waals surface area contributed by atoms with Crippen LogP contribution in [-0.4, -0.2) is 0 Å². The van der Waals surface area contributed by atoms with Gasteiger partial charge < -0.3 is 0 Å². The Morgan fingerprint density at radius 2 is 1.40 bits per heavy atom. The maximum Gasteiger partial charge on any atom is -0.0261 e. The summed E-state index contributed by atoms with van der Waals surface area (Å²) in [6, 6.07) is 0. The van der Waals surface area contributed by atoms with Crippen molar-refractivity contribution in [3.8, 4) is 0 Å². The van der Waals surface area contributed by atoms with Crippen molar-refractivity contribution in [1.82, 2.24) is 0 Å². The standard InChI is InChI=1S/C15H22/c1-15-7-10-8-5-6-9(10)14-12(15)4-2-3-11(15)13(8)14/h8-14H,2-7H2,1H3. The predicted octanol–water partition coefficient (Wildman–Crippen LogP) is 3.71. The fourth-order valence-corrected chi connectivity index (χ4v) is 7.66. The molecule has 0 amide bonds. The molecule has 0 saturated heterocycles. The quantitative estimate of drug-likeness (QED) is 0.561. The van der Waals surface area contributed by atoms with E-state index in [0.717, 1.165) is 5.41 Å². The molecule has 15 heavy (non-hydrogen) atoms. The summed E-state index contributed by atoms with van der Waals surface area (Å²) in [5, 5.41) is 0. The Balaban J connectivity index is 1.74. The molecular weight excluding hydrogens is 180 g/mol. The first-order valence-electron chi connectivity index (χ1n) is 7.31. The Bertz CT molecular complexity index is 305. The van der Waals surface area contributed by atoms with E-state index in [1.807, 2.05) is 0 Å². The van der Waals surface area contributed by atoms with Crippen LogP contribution in [0.15, 0.2) is 0 Å². The number of hydrogen-bond donors (Lipinski definition) is 0. The van der Waals surface area contributed by atoms with E-state index in [2.05, 4.69) is 6.92 Å². The van der Waals surface area contributed by atoms with E-state index >= 15 is 0 Å². The van der Waals surface area contributed by atoms with Crippen molar-refractivity contribution < 1.29 is 0 Å². The van der Waals surface area contributed by atoms with Gasteiger partial charge in [-0.2, -0.15) is 0 Å². The molecule has 0 aliphatic heterocycles. The summed E-state index contributed by atoms with van der Waals surface area (Å²) >= 11 is 0. The average molecular weight is 202 g/mol. The van der Waals surface area contributed by atoms with Gasteiger partial charge in [0, 0.05) is 0 Å². The molecule has 6 aliphatic carbocycles. The van der Waals surface area contributed by atoms with E-state index in [0.29, 0.717) is 0 Å². The second-order valence-corrected chi connectivity index (χ2v) is 7.58. The minimum Gasteiger partial charge on any atom is -0.0591 e. The SMILES string of the molecule is CC12CC3C4CCC3C3C4C1CCCC32. The number of rotatable bonds is 0. The molecule has 0 N–H and O–H groups in total. The smallest absolute Gasteiger partial charge is 0.0261 e. The summed E-state index contributed by atoms with van der Waals surface area (Å²) in [6.45, 7) is 2.68. The van der Waals surface area contributed by atoms with E-state index in [-0.39, 0.29) is 0 Å². The minimum absolute atomic E-state index is 0.829. The summed E-state index contributed by atoms with van der Waals surface area (Å²) < 4.78 is 0. The zero-order chi connectivity index (χ0) is 9.78. The first-order valence-corrected chi connectivity index (χ1v) is 7.31. The highest BCUT2D eigenvalue weighted by Crippen LogP contribution is 2.80. The van der Waals surface area contributed by atoms with E-state index in [4.69, 9.17) is 0 Å². The third-order valence-electron chi connectivity index (χ3n) is 7.70. The lowest BCUT2D eigenvalue weighted by Gasteiger charge is -2.51. The second kappa shape index (κ2) is 2.17. The van der Waals surface area contributed by atoms with Gasteiger partial charge in [-0.15, -0.1) is 0 Å². The van der Waals surface area contributed by atoms with Crippen LogP contribution in [0.3, 0.4) is 0 Å². The summed E-state index contributed by atoms with van der Waals surface area (Å²) in [7, 11) is 0. The van der Waals surface area contributed by atoms with Gasteiger partial charge in [-0.25, -0.2) is 0 Å². The minimum atomic E-state index is 0.829. The van der Waals surface area contributed by atoms with E-state index in [9.17, 15) is 0 Å². The largest absolute Gasteiger partial charge is 0.0591 e. The van der Waals surface area contributed by atoms with Gasteiger partial charge in [-0.3, -0.25) is 0 Å². The van der Waals surface area contributed by atoms with Gasteiger partial charge in [-0.1, -0.05) is 13.3 Å². The fraction of sp³-hybridized carbons (Fsp3) is 1.00. The van der Waals surface area contributed by atoms with Gasteiger partial charge >= 0.3 is 0 Å². The molecular formula is C15H22.